The van der Waals surface area contributed by atoms with Crippen LogP contribution in [0.2, 0.25) is 0 Å². The van der Waals surface area contributed by atoms with Gasteiger partial charge in [-0.3, -0.25) is 4.79 Å². The largest absolute Gasteiger partial charge is 0.394 e. The van der Waals surface area contributed by atoms with E-state index in [1.165, 1.54) is 0 Å². The molecule has 0 amide bonds. The lowest BCUT2D eigenvalue weighted by atomic mass is 10.1. The summed E-state index contributed by atoms with van der Waals surface area (Å²) in [4.78, 5) is 15.1. The summed E-state index contributed by atoms with van der Waals surface area (Å²) in [5.41, 5.74) is 7.43. The second kappa shape index (κ2) is 3.31. The van der Waals surface area contributed by atoms with Crippen molar-refractivity contribution < 1.29 is 0 Å². The van der Waals surface area contributed by atoms with Crippen molar-refractivity contribution in [2.24, 2.45) is 0 Å². The molecule has 14 heavy (non-hydrogen) atoms. The molecule has 0 radical (unpaired) electrons. The van der Waals surface area contributed by atoms with Gasteiger partial charge < -0.3 is 10.7 Å². The summed E-state index contributed by atoms with van der Waals surface area (Å²) in [5, 5.41) is 1.96. The third-order valence-electron chi connectivity index (χ3n) is 1.99. The fourth-order valence-electron chi connectivity index (χ4n) is 1.33. The van der Waals surface area contributed by atoms with E-state index in [9.17, 15) is 4.79 Å². The summed E-state index contributed by atoms with van der Waals surface area (Å²) in [6.07, 6.45) is 0. The number of pyridine rings is 1. The van der Waals surface area contributed by atoms with Crippen molar-refractivity contribution in [3.63, 3.8) is 0 Å². The Labute approximate surface area is 85.2 Å². The Kier molecular flexibility index (Phi) is 2.13. The van der Waals surface area contributed by atoms with Crippen LogP contribution in [0, 0.1) is 6.92 Å². The van der Waals surface area contributed by atoms with Crippen LogP contribution in [0.5, 0.6) is 0 Å². The summed E-state index contributed by atoms with van der Waals surface area (Å²) in [6.45, 7) is 1.85. The monoisotopic (exact) mass is 206 g/mol. The molecule has 0 unspecified atom stereocenters. The van der Waals surface area contributed by atoms with Crippen molar-refractivity contribution >= 4 is 17.0 Å². The molecule has 4 heteroatoms. The molecular weight excluding hydrogens is 196 g/mol. The number of aryl methyl sites for hydroxylation is 1. The van der Waals surface area contributed by atoms with Gasteiger partial charge in [0.15, 0.2) is 0 Å². The summed E-state index contributed by atoms with van der Waals surface area (Å²) < 4.78 is 0. The predicted molar refractivity (Wildman–Crippen MR) is 59.5 cm³/mol. The van der Waals surface area contributed by atoms with Crippen LogP contribution >= 0.6 is 11.3 Å². The van der Waals surface area contributed by atoms with E-state index in [1.54, 1.807) is 11.3 Å². The Bertz CT molecular complexity index is 499. The first-order chi connectivity index (χ1) is 6.68. The number of hydrogen-bond acceptors (Lipinski definition) is 3. The van der Waals surface area contributed by atoms with Crippen molar-refractivity contribution in [3.8, 4) is 10.4 Å². The van der Waals surface area contributed by atoms with Gasteiger partial charge in [0.1, 0.15) is 5.69 Å². The minimum Gasteiger partial charge on any atom is -0.394 e. The molecule has 0 atom stereocenters. The third kappa shape index (κ3) is 1.44. The highest BCUT2D eigenvalue weighted by Gasteiger charge is 2.07. The lowest BCUT2D eigenvalue weighted by molar-refractivity contribution is 1.15. The van der Waals surface area contributed by atoms with Gasteiger partial charge >= 0.3 is 0 Å². The van der Waals surface area contributed by atoms with Crippen LogP contribution < -0.4 is 11.3 Å². The smallest absolute Gasteiger partial charge is 0.271 e. The molecule has 2 aromatic heterocycles. The average molecular weight is 206 g/mol. The van der Waals surface area contributed by atoms with E-state index in [0.717, 1.165) is 16.1 Å². The average Bonchev–Trinajstić information content (AvgIpc) is 2.63. The van der Waals surface area contributed by atoms with Gasteiger partial charge in [-0.1, -0.05) is 6.07 Å². The number of H-pyrrole nitrogens is 1. The second-order valence-electron chi connectivity index (χ2n) is 3.09. The van der Waals surface area contributed by atoms with E-state index in [0.29, 0.717) is 0 Å². The van der Waals surface area contributed by atoms with Crippen LogP contribution in [-0.2, 0) is 0 Å². The zero-order valence-electron chi connectivity index (χ0n) is 7.70. The standard InChI is InChI=1S/C10H10N2OS/c1-6-5-7(8-3-2-4-14-8)9(11)10(13)12-6/h2-5H,11H2,1H3,(H,12,13). The molecule has 0 saturated carbocycles. The lowest BCUT2D eigenvalue weighted by Gasteiger charge is -2.03. The molecule has 0 fully saturated rings. The van der Waals surface area contributed by atoms with Gasteiger partial charge in [-0.15, -0.1) is 11.3 Å². The van der Waals surface area contributed by atoms with Crippen molar-refractivity contribution in [3.05, 3.63) is 39.6 Å². The van der Waals surface area contributed by atoms with Crippen LogP contribution in [0.1, 0.15) is 5.69 Å². The summed E-state index contributed by atoms with van der Waals surface area (Å²) >= 11 is 1.57. The van der Waals surface area contributed by atoms with Gasteiger partial charge in [-0.05, 0) is 24.4 Å². The fraction of sp³-hybridized carbons (Fsp3) is 0.100. The van der Waals surface area contributed by atoms with E-state index in [2.05, 4.69) is 4.98 Å². The van der Waals surface area contributed by atoms with Crippen LogP contribution in [0.3, 0.4) is 0 Å². The Hall–Kier alpha value is -1.55. The maximum absolute atomic E-state index is 11.4. The van der Waals surface area contributed by atoms with Crippen LogP contribution in [0.4, 0.5) is 5.69 Å². The van der Waals surface area contributed by atoms with E-state index >= 15 is 0 Å². The Balaban J connectivity index is 2.70. The molecule has 0 aliphatic rings. The highest BCUT2D eigenvalue weighted by atomic mass is 32.1. The molecule has 0 aliphatic carbocycles. The lowest BCUT2D eigenvalue weighted by Crippen LogP contribution is -2.13. The molecule has 0 bridgehead atoms. The Morgan fingerprint density at radius 1 is 1.50 bits per heavy atom. The maximum Gasteiger partial charge on any atom is 0.271 e. The van der Waals surface area contributed by atoms with E-state index in [1.807, 2.05) is 30.5 Å². The molecule has 72 valence electrons. The zero-order chi connectivity index (χ0) is 10.1. The Morgan fingerprint density at radius 3 is 2.93 bits per heavy atom. The Morgan fingerprint density at radius 2 is 2.29 bits per heavy atom. The molecule has 0 spiro atoms. The normalized spacial score (nSPS) is 10.4. The minimum absolute atomic E-state index is 0.214. The summed E-state index contributed by atoms with van der Waals surface area (Å²) in [5.74, 6) is 0. The van der Waals surface area contributed by atoms with Crippen molar-refractivity contribution in [1.29, 1.82) is 0 Å². The fourth-order valence-corrected chi connectivity index (χ4v) is 2.09. The number of nitrogen functional groups attached to an aromatic ring is 1. The molecule has 0 aliphatic heterocycles. The number of nitrogens with two attached hydrogens (primary N) is 1. The van der Waals surface area contributed by atoms with Gasteiger partial charge in [0.25, 0.3) is 5.56 Å². The number of rotatable bonds is 1. The number of aromatic nitrogens is 1. The van der Waals surface area contributed by atoms with Gasteiger partial charge in [0.2, 0.25) is 0 Å². The molecule has 2 heterocycles. The van der Waals surface area contributed by atoms with Crippen LogP contribution in [-0.4, -0.2) is 4.98 Å². The van der Waals surface area contributed by atoms with Crippen molar-refractivity contribution in [1.82, 2.24) is 4.98 Å². The zero-order valence-corrected chi connectivity index (χ0v) is 8.52. The molecule has 2 rings (SSSR count). The quantitative estimate of drug-likeness (QED) is 0.749. The molecule has 0 aromatic carbocycles. The molecule has 3 N–H and O–H groups in total. The number of nitrogens with one attached hydrogen (secondary N) is 1. The number of anilines is 1. The molecule has 0 saturated heterocycles. The number of thiophene rings is 1. The first-order valence-corrected chi connectivity index (χ1v) is 5.09. The molecular formula is C10H10N2OS. The maximum atomic E-state index is 11.4. The minimum atomic E-state index is -0.214. The van der Waals surface area contributed by atoms with E-state index in [4.69, 9.17) is 5.73 Å². The highest BCUT2D eigenvalue weighted by Crippen LogP contribution is 2.27. The van der Waals surface area contributed by atoms with Crippen molar-refractivity contribution in [2.75, 3.05) is 5.73 Å². The predicted octanol–water partition coefficient (Wildman–Crippen LogP) is 1.99. The highest BCUT2D eigenvalue weighted by molar-refractivity contribution is 7.13. The number of aromatic amines is 1. The first-order valence-electron chi connectivity index (χ1n) is 4.22. The third-order valence-corrected chi connectivity index (χ3v) is 2.90. The molecule has 2 aromatic rings. The topological polar surface area (TPSA) is 58.9 Å². The van der Waals surface area contributed by atoms with Gasteiger partial charge in [-0.2, -0.15) is 0 Å². The van der Waals surface area contributed by atoms with Crippen LogP contribution in [0.25, 0.3) is 10.4 Å². The second-order valence-corrected chi connectivity index (χ2v) is 4.03. The van der Waals surface area contributed by atoms with Crippen LogP contribution in [0.15, 0.2) is 28.4 Å². The van der Waals surface area contributed by atoms with E-state index in [-0.39, 0.29) is 11.2 Å². The molecule has 3 nitrogen and oxygen atoms in total. The van der Waals surface area contributed by atoms with Crippen molar-refractivity contribution in [2.45, 2.75) is 6.92 Å². The summed E-state index contributed by atoms with van der Waals surface area (Å²) in [7, 11) is 0. The SMILES string of the molecule is Cc1cc(-c2cccs2)c(N)c(=O)[nH]1. The first kappa shape index (κ1) is 9.02. The number of hydrogen-bond donors (Lipinski definition) is 2. The van der Waals surface area contributed by atoms with Gasteiger partial charge in [0.05, 0.1) is 0 Å². The van der Waals surface area contributed by atoms with Gasteiger partial charge in [0, 0.05) is 16.1 Å². The van der Waals surface area contributed by atoms with Gasteiger partial charge in [-0.25, -0.2) is 0 Å². The summed E-state index contributed by atoms with van der Waals surface area (Å²) in [6, 6.07) is 5.79. The van der Waals surface area contributed by atoms with E-state index < -0.39 is 0 Å².